The van der Waals surface area contributed by atoms with E-state index in [0.717, 1.165) is 4.88 Å². The van der Waals surface area contributed by atoms with Gasteiger partial charge in [0.2, 0.25) is 5.91 Å². The van der Waals surface area contributed by atoms with Crippen molar-refractivity contribution in [2.24, 2.45) is 0 Å². The van der Waals surface area contributed by atoms with Crippen LogP contribution < -0.4 is 0 Å². The van der Waals surface area contributed by atoms with Crippen LogP contribution in [0.5, 0.6) is 0 Å². The average molecular weight is 297 g/mol. The lowest BCUT2D eigenvalue weighted by Crippen LogP contribution is -2.34. The SMILES string of the molecule is COCCN(CCC(=O)OC)C(=O)/C=C/c1cccs1. The van der Waals surface area contributed by atoms with Crippen molar-refractivity contribution in [2.45, 2.75) is 6.42 Å². The van der Waals surface area contributed by atoms with Crippen molar-refractivity contribution >= 4 is 29.3 Å². The van der Waals surface area contributed by atoms with E-state index in [-0.39, 0.29) is 18.3 Å². The fourth-order valence-corrected chi connectivity index (χ4v) is 2.12. The molecule has 0 radical (unpaired) electrons. The molecule has 0 aliphatic carbocycles. The first-order valence-corrected chi connectivity index (χ1v) is 7.11. The Labute approximate surface area is 122 Å². The number of carbonyl (C=O) groups is 2. The lowest BCUT2D eigenvalue weighted by molar-refractivity contribution is -0.141. The average Bonchev–Trinajstić information content (AvgIpc) is 2.97. The van der Waals surface area contributed by atoms with Crippen LogP contribution in [0.4, 0.5) is 0 Å². The van der Waals surface area contributed by atoms with Crippen molar-refractivity contribution in [3.8, 4) is 0 Å². The van der Waals surface area contributed by atoms with E-state index in [1.807, 2.05) is 17.5 Å². The second-order valence-electron chi connectivity index (χ2n) is 3.99. The highest BCUT2D eigenvalue weighted by molar-refractivity contribution is 7.10. The first-order valence-electron chi connectivity index (χ1n) is 6.23. The van der Waals surface area contributed by atoms with Crippen LogP contribution in [-0.4, -0.2) is 50.7 Å². The van der Waals surface area contributed by atoms with Crippen LogP contribution in [-0.2, 0) is 19.1 Å². The molecule has 0 aliphatic heterocycles. The Bertz CT molecular complexity index is 442. The van der Waals surface area contributed by atoms with Crippen LogP contribution >= 0.6 is 11.3 Å². The summed E-state index contributed by atoms with van der Waals surface area (Å²) in [4.78, 5) is 25.8. The molecular weight excluding hydrogens is 278 g/mol. The molecule has 0 bridgehead atoms. The molecule has 0 aliphatic rings. The maximum Gasteiger partial charge on any atom is 0.307 e. The summed E-state index contributed by atoms with van der Waals surface area (Å²) in [6.07, 6.45) is 3.46. The molecule has 20 heavy (non-hydrogen) atoms. The molecule has 1 amide bonds. The highest BCUT2D eigenvalue weighted by Gasteiger charge is 2.12. The number of amides is 1. The maximum absolute atomic E-state index is 12.1. The normalized spacial score (nSPS) is 10.7. The van der Waals surface area contributed by atoms with Crippen molar-refractivity contribution in [3.05, 3.63) is 28.5 Å². The third-order valence-corrected chi connectivity index (χ3v) is 3.46. The van der Waals surface area contributed by atoms with Gasteiger partial charge in [-0.15, -0.1) is 11.3 Å². The first kappa shape index (κ1) is 16.4. The van der Waals surface area contributed by atoms with E-state index in [4.69, 9.17) is 4.74 Å². The minimum Gasteiger partial charge on any atom is -0.469 e. The fraction of sp³-hybridized carbons (Fsp3) is 0.429. The van der Waals surface area contributed by atoms with E-state index in [9.17, 15) is 9.59 Å². The van der Waals surface area contributed by atoms with Gasteiger partial charge in [-0.3, -0.25) is 9.59 Å². The van der Waals surface area contributed by atoms with Crippen molar-refractivity contribution < 1.29 is 19.1 Å². The number of rotatable bonds is 8. The third-order valence-electron chi connectivity index (χ3n) is 2.62. The maximum atomic E-state index is 12.1. The minimum absolute atomic E-state index is 0.139. The zero-order valence-electron chi connectivity index (χ0n) is 11.7. The topological polar surface area (TPSA) is 55.8 Å². The van der Waals surface area contributed by atoms with E-state index in [0.29, 0.717) is 19.7 Å². The Morgan fingerprint density at radius 2 is 2.15 bits per heavy atom. The standard InChI is InChI=1S/C14H19NO4S/c1-18-10-9-15(8-7-14(17)19-2)13(16)6-5-12-4-3-11-20-12/h3-6,11H,7-10H2,1-2H3/b6-5+. The molecule has 110 valence electrons. The molecular formula is C14H19NO4S. The lowest BCUT2D eigenvalue weighted by atomic mass is 10.3. The Balaban J connectivity index is 2.56. The van der Waals surface area contributed by atoms with Crippen molar-refractivity contribution in [2.75, 3.05) is 33.9 Å². The Morgan fingerprint density at radius 3 is 2.75 bits per heavy atom. The number of ether oxygens (including phenoxy) is 2. The van der Waals surface area contributed by atoms with Gasteiger partial charge in [0.05, 0.1) is 20.1 Å². The molecule has 0 aromatic carbocycles. The van der Waals surface area contributed by atoms with Gasteiger partial charge in [-0.05, 0) is 17.5 Å². The molecule has 0 atom stereocenters. The quantitative estimate of drug-likeness (QED) is 0.542. The number of carbonyl (C=O) groups excluding carboxylic acids is 2. The molecule has 5 nitrogen and oxygen atoms in total. The van der Waals surface area contributed by atoms with Gasteiger partial charge in [-0.1, -0.05) is 6.07 Å². The molecule has 6 heteroatoms. The summed E-state index contributed by atoms with van der Waals surface area (Å²) >= 11 is 1.56. The van der Waals surface area contributed by atoms with Gasteiger partial charge in [0.25, 0.3) is 0 Å². The van der Waals surface area contributed by atoms with E-state index in [2.05, 4.69) is 4.74 Å². The van der Waals surface area contributed by atoms with Gasteiger partial charge in [0.15, 0.2) is 0 Å². The second kappa shape index (κ2) is 9.28. The number of hydrogen-bond acceptors (Lipinski definition) is 5. The number of esters is 1. The van der Waals surface area contributed by atoms with Crippen LogP contribution in [0.15, 0.2) is 23.6 Å². The Morgan fingerprint density at radius 1 is 1.35 bits per heavy atom. The van der Waals surface area contributed by atoms with Crippen LogP contribution in [0, 0.1) is 0 Å². The second-order valence-corrected chi connectivity index (χ2v) is 4.97. The van der Waals surface area contributed by atoms with E-state index in [1.54, 1.807) is 29.4 Å². The van der Waals surface area contributed by atoms with Crippen molar-refractivity contribution in [1.29, 1.82) is 0 Å². The van der Waals surface area contributed by atoms with Gasteiger partial charge >= 0.3 is 5.97 Å². The Hall–Kier alpha value is -1.66. The van der Waals surface area contributed by atoms with Crippen LogP contribution in [0.3, 0.4) is 0 Å². The number of thiophene rings is 1. The van der Waals surface area contributed by atoms with Crippen molar-refractivity contribution in [1.82, 2.24) is 4.90 Å². The lowest BCUT2D eigenvalue weighted by Gasteiger charge is -2.20. The van der Waals surface area contributed by atoms with Crippen molar-refractivity contribution in [3.63, 3.8) is 0 Å². The van der Waals surface area contributed by atoms with Gasteiger partial charge in [0.1, 0.15) is 0 Å². The van der Waals surface area contributed by atoms with Crippen LogP contribution in [0.2, 0.25) is 0 Å². The molecule has 1 aromatic heterocycles. The first-order chi connectivity index (χ1) is 9.67. The van der Waals surface area contributed by atoms with Gasteiger partial charge in [-0.25, -0.2) is 0 Å². The highest BCUT2D eigenvalue weighted by Crippen LogP contribution is 2.10. The van der Waals surface area contributed by atoms with E-state index in [1.165, 1.54) is 13.2 Å². The summed E-state index contributed by atoms with van der Waals surface area (Å²) in [7, 11) is 2.91. The number of methoxy groups -OCH3 is 2. The predicted molar refractivity (Wildman–Crippen MR) is 78.4 cm³/mol. The smallest absolute Gasteiger partial charge is 0.307 e. The molecule has 1 rings (SSSR count). The monoisotopic (exact) mass is 297 g/mol. The summed E-state index contributed by atoms with van der Waals surface area (Å²) in [6, 6.07) is 3.86. The summed E-state index contributed by atoms with van der Waals surface area (Å²) < 4.78 is 9.55. The zero-order valence-corrected chi connectivity index (χ0v) is 12.5. The summed E-state index contributed by atoms with van der Waals surface area (Å²) in [5.41, 5.74) is 0. The summed E-state index contributed by atoms with van der Waals surface area (Å²) in [5, 5.41) is 1.95. The van der Waals surface area contributed by atoms with Gasteiger partial charge in [0, 0.05) is 31.2 Å². The zero-order chi connectivity index (χ0) is 14.8. The predicted octanol–water partition coefficient (Wildman–Crippen LogP) is 1.80. The minimum atomic E-state index is -0.331. The van der Waals surface area contributed by atoms with Gasteiger partial charge in [-0.2, -0.15) is 0 Å². The molecule has 0 unspecified atom stereocenters. The molecule has 0 spiro atoms. The highest BCUT2D eigenvalue weighted by atomic mass is 32.1. The molecule has 0 fully saturated rings. The molecule has 1 aromatic rings. The van der Waals surface area contributed by atoms with Crippen LogP contribution in [0.1, 0.15) is 11.3 Å². The number of hydrogen-bond donors (Lipinski definition) is 0. The van der Waals surface area contributed by atoms with E-state index >= 15 is 0 Å². The molecule has 0 saturated carbocycles. The Kier molecular flexibility index (Phi) is 7.60. The molecule has 1 heterocycles. The largest absolute Gasteiger partial charge is 0.469 e. The molecule has 0 saturated heterocycles. The fourth-order valence-electron chi connectivity index (χ4n) is 1.51. The summed E-state index contributed by atoms with van der Waals surface area (Å²) in [6.45, 7) is 1.20. The molecule has 0 N–H and O–H groups in total. The summed E-state index contributed by atoms with van der Waals surface area (Å²) in [5.74, 6) is -0.471. The third kappa shape index (κ3) is 5.99. The van der Waals surface area contributed by atoms with E-state index < -0.39 is 0 Å². The van der Waals surface area contributed by atoms with Gasteiger partial charge < -0.3 is 14.4 Å². The van der Waals surface area contributed by atoms with Crippen LogP contribution in [0.25, 0.3) is 6.08 Å². The number of nitrogens with zero attached hydrogens (tertiary/aromatic N) is 1.